The van der Waals surface area contributed by atoms with Gasteiger partial charge in [0.25, 0.3) is 0 Å². The highest BCUT2D eigenvalue weighted by Crippen LogP contribution is 2.31. The summed E-state index contributed by atoms with van der Waals surface area (Å²) in [6.07, 6.45) is -1.26. The molecule has 2 aliphatic rings. The molecular formula is C17H21FN4O6. The highest BCUT2D eigenvalue weighted by molar-refractivity contribution is 5.90. The summed E-state index contributed by atoms with van der Waals surface area (Å²) in [5, 5.41) is 22.3. The summed E-state index contributed by atoms with van der Waals surface area (Å²) >= 11 is 0. The van der Waals surface area contributed by atoms with Gasteiger partial charge in [0.15, 0.2) is 6.10 Å². The smallest absolute Gasteiger partial charge is 0.414 e. The molecule has 11 heteroatoms. The van der Waals surface area contributed by atoms with Crippen LogP contribution in [0.5, 0.6) is 0 Å². The Morgan fingerprint density at radius 2 is 2.21 bits per heavy atom. The summed E-state index contributed by atoms with van der Waals surface area (Å²) < 4.78 is 19.7. The summed E-state index contributed by atoms with van der Waals surface area (Å²) in [4.78, 5) is 37.3. The third kappa shape index (κ3) is 4.06. The summed E-state index contributed by atoms with van der Waals surface area (Å²) in [7, 11) is 0. The Labute approximate surface area is 160 Å². The number of hydroxylamine groups is 2. The molecular weight excluding hydrogens is 375 g/mol. The van der Waals surface area contributed by atoms with Crippen molar-refractivity contribution >= 4 is 29.3 Å². The highest BCUT2D eigenvalue weighted by atomic mass is 19.1. The van der Waals surface area contributed by atoms with E-state index < -0.39 is 47.7 Å². The molecule has 0 bridgehead atoms. The first-order chi connectivity index (χ1) is 13.3. The average molecular weight is 396 g/mol. The number of cyclic esters (lactones) is 1. The van der Waals surface area contributed by atoms with Gasteiger partial charge in [0, 0.05) is 13.0 Å². The third-order valence-electron chi connectivity index (χ3n) is 4.72. The Bertz CT molecular complexity index is 791. The molecule has 0 aromatic heterocycles. The number of amides is 3. The molecule has 3 amide bonds. The lowest BCUT2D eigenvalue weighted by atomic mass is 10.1. The van der Waals surface area contributed by atoms with Crippen LogP contribution in [0.15, 0.2) is 18.2 Å². The van der Waals surface area contributed by atoms with Crippen LogP contribution in [0.1, 0.15) is 13.3 Å². The fourth-order valence-electron chi connectivity index (χ4n) is 3.14. The van der Waals surface area contributed by atoms with Crippen molar-refractivity contribution in [1.82, 2.24) is 5.32 Å². The van der Waals surface area contributed by atoms with Gasteiger partial charge >= 0.3 is 12.0 Å². The molecule has 0 saturated carbocycles. The first kappa shape index (κ1) is 20.0. The second-order valence-electron chi connectivity index (χ2n) is 6.66. The third-order valence-corrected chi connectivity index (χ3v) is 4.72. The number of rotatable bonds is 6. The number of aliphatic hydroxyl groups excluding tert-OH is 1. The number of hydrogen-bond donors (Lipinski definition) is 3. The van der Waals surface area contributed by atoms with Crippen LogP contribution < -0.4 is 20.2 Å². The molecule has 1 aromatic rings. The largest absolute Gasteiger partial charge is 0.627 e. The molecule has 10 nitrogen and oxygen atoms in total. The lowest BCUT2D eigenvalue weighted by Gasteiger charge is -2.43. The van der Waals surface area contributed by atoms with Gasteiger partial charge in [-0.1, -0.05) is 0 Å². The second-order valence-corrected chi connectivity index (χ2v) is 6.66. The molecule has 0 radical (unpaired) electrons. The molecule has 152 valence electrons. The number of benzene rings is 1. The second kappa shape index (κ2) is 8.09. The van der Waals surface area contributed by atoms with Crippen LogP contribution in [0.3, 0.4) is 0 Å². The monoisotopic (exact) mass is 396 g/mol. The summed E-state index contributed by atoms with van der Waals surface area (Å²) in [6.45, 7) is 0.869. The first-order valence-corrected chi connectivity index (χ1v) is 8.78. The number of hydrogen-bond acceptors (Lipinski definition) is 7. The zero-order valence-electron chi connectivity index (χ0n) is 15.2. The van der Waals surface area contributed by atoms with Crippen molar-refractivity contribution in [2.75, 3.05) is 36.0 Å². The number of nitrogens with zero attached hydrogens (tertiary/aromatic N) is 2. The number of anilines is 2. The minimum absolute atomic E-state index is 0.0372. The predicted molar refractivity (Wildman–Crippen MR) is 94.9 cm³/mol. The van der Waals surface area contributed by atoms with Gasteiger partial charge in [0.2, 0.25) is 5.91 Å². The SMILES string of the molecule is CC(=O)[NH+]([O-])CC1CN(c2ccc(N3CCC3NC(=O)CO)c(F)c2)C(=O)O1. The number of carbonyl (C=O) groups excluding carboxylic acids is 3. The molecule has 3 rings (SSSR count). The number of nitrogens with one attached hydrogen (secondary N) is 2. The molecule has 2 fully saturated rings. The van der Waals surface area contributed by atoms with Crippen LogP contribution in [0.25, 0.3) is 0 Å². The number of aliphatic hydroxyl groups is 1. The number of ether oxygens (including phenoxy) is 1. The molecule has 3 N–H and O–H groups in total. The van der Waals surface area contributed by atoms with Crippen molar-refractivity contribution in [3.05, 3.63) is 29.2 Å². The highest BCUT2D eigenvalue weighted by Gasteiger charge is 2.36. The minimum atomic E-state index is -0.764. The normalized spacial score (nSPS) is 22.5. The molecule has 0 aliphatic carbocycles. The van der Waals surface area contributed by atoms with Gasteiger partial charge in [-0.05, 0) is 18.2 Å². The van der Waals surface area contributed by atoms with Crippen molar-refractivity contribution in [3.63, 3.8) is 0 Å². The molecule has 2 aliphatic heterocycles. The number of halogens is 1. The molecule has 28 heavy (non-hydrogen) atoms. The molecule has 2 heterocycles. The predicted octanol–water partition coefficient (Wildman–Crippen LogP) is -1.28. The van der Waals surface area contributed by atoms with E-state index in [1.165, 1.54) is 23.1 Å². The van der Waals surface area contributed by atoms with Crippen LogP contribution in [-0.2, 0) is 14.3 Å². The maximum Gasteiger partial charge on any atom is 0.414 e. The van der Waals surface area contributed by atoms with Gasteiger partial charge in [-0.2, -0.15) is 0 Å². The summed E-state index contributed by atoms with van der Waals surface area (Å²) in [5.74, 6) is -1.74. The van der Waals surface area contributed by atoms with E-state index in [2.05, 4.69) is 5.32 Å². The maximum absolute atomic E-state index is 14.6. The van der Waals surface area contributed by atoms with Crippen LogP contribution in [0.2, 0.25) is 0 Å². The van der Waals surface area contributed by atoms with E-state index >= 15 is 0 Å². The van der Waals surface area contributed by atoms with E-state index in [0.29, 0.717) is 13.0 Å². The van der Waals surface area contributed by atoms with Gasteiger partial charge in [-0.3, -0.25) is 9.69 Å². The molecule has 0 spiro atoms. The van der Waals surface area contributed by atoms with Crippen molar-refractivity contribution in [2.24, 2.45) is 0 Å². The van der Waals surface area contributed by atoms with Gasteiger partial charge < -0.3 is 30.3 Å². The zero-order chi connectivity index (χ0) is 20.4. The fraction of sp³-hybridized carbons (Fsp3) is 0.471. The molecule has 3 atom stereocenters. The minimum Gasteiger partial charge on any atom is -0.627 e. The van der Waals surface area contributed by atoms with Crippen LogP contribution >= 0.6 is 0 Å². The maximum atomic E-state index is 14.6. The topological polar surface area (TPSA) is 127 Å². The van der Waals surface area contributed by atoms with Crippen LogP contribution in [0, 0.1) is 11.0 Å². The van der Waals surface area contributed by atoms with E-state index in [9.17, 15) is 24.0 Å². The van der Waals surface area contributed by atoms with Crippen LogP contribution in [-0.4, -0.2) is 61.5 Å². The first-order valence-electron chi connectivity index (χ1n) is 8.78. The lowest BCUT2D eigenvalue weighted by molar-refractivity contribution is -0.768. The molecule has 1 aromatic carbocycles. The molecule has 3 unspecified atom stereocenters. The standard InChI is InChI=1S/C17H21FN4O6/c1-10(24)22(27)8-12-7-21(17(26)28-12)11-2-3-14(13(18)6-11)20-5-4-15(20)19-16(25)9-23/h2-3,6,12,15,22-23H,4-5,7-9H2,1H3,(H,19,25). The van der Waals surface area contributed by atoms with Crippen molar-refractivity contribution in [2.45, 2.75) is 25.6 Å². The lowest BCUT2D eigenvalue weighted by Crippen LogP contribution is -3.10. The van der Waals surface area contributed by atoms with E-state index in [0.717, 1.165) is 6.92 Å². The Morgan fingerprint density at radius 1 is 1.46 bits per heavy atom. The fourth-order valence-corrected chi connectivity index (χ4v) is 3.14. The van der Waals surface area contributed by atoms with Crippen molar-refractivity contribution in [1.29, 1.82) is 0 Å². The molecule has 2 saturated heterocycles. The van der Waals surface area contributed by atoms with Crippen molar-refractivity contribution in [3.8, 4) is 0 Å². The Hall–Kier alpha value is -2.76. The Morgan fingerprint density at radius 3 is 2.79 bits per heavy atom. The summed E-state index contributed by atoms with van der Waals surface area (Å²) in [5.41, 5.74) is 0.523. The van der Waals surface area contributed by atoms with Crippen molar-refractivity contribution < 1.29 is 33.7 Å². The van der Waals surface area contributed by atoms with Crippen LogP contribution in [0.4, 0.5) is 20.6 Å². The van der Waals surface area contributed by atoms with Gasteiger partial charge in [0.05, 0.1) is 24.8 Å². The van der Waals surface area contributed by atoms with Gasteiger partial charge in [-0.25, -0.2) is 14.0 Å². The Balaban J connectivity index is 1.68. The quantitative estimate of drug-likeness (QED) is 0.512. The zero-order valence-corrected chi connectivity index (χ0v) is 15.2. The average Bonchev–Trinajstić information content (AvgIpc) is 3.00. The number of carbonyl (C=O) groups is 3. The summed E-state index contributed by atoms with van der Waals surface area (Å²) in [6, 6.07) is 4.20. The van der Waals surface area contributed by atoms with E-state index in [1.807, 2.05) is 0 Å². The number of quaternary nitrogens is 1. The van der Waals surface area contributed by atoms with Gasteiger partial charge in [0.1, 0.15) is 25.1 Å². The van der Waals surface area contributed by atoms with E-state index in [1.54, 1.807) is 4.90 Å². The Kier molecular flexibility index (Phi) is 5.77. The van der Waals surface area contributed by atoms with E-state index in [4.69, 9.17) is 9.84 Å². The van der Waals surface area contributed by atoms with E-state index in [-0.39, 0.29) is 24.5 Å². The van der Waals surface area contributed by atoms with Gasteiger partial charge in [-0.15, -0.1) is 0 Å².